The average Bonchev–Trinajstić information content (AvgIpc) is 2.76. The summed E-state index contributed by atoms with van der Waals surface area (Å²) in [6.07, 6.45) is -0.104. The maximum absolute atomic E-state index is 12.4. The SMILES string of the molecule is CC(Oc1ccccc1[N+](=O)[O-])C(=O)Nc1ccc(OCCc2ccccc2)cc1. The van der Waals surface area contributed by atoms with E-state index in [2.05, 4.69) is 17.4 Å². The maximum atomic E-state index is 12.4. The molecule has 1 atom stereocenters. The van der Waals surface area contributed by atoms with Crippen molar-refractivity contribution in [2.24, 2.45) is 0 Å². The lowest BCUT2D eigenvalue weighted by molar-refractivity contribution is -0.386. The number of benzene rings is 3. The first-order valence-corrected chi connectivity index (χ1v) is 9.50. The summed E-state index contributed by atoms with van der Waals surface area (Å²) in [5, 5.41) is 13.8. The Morgan fingerprint density at radius 2 is 1.67 bits per heavy atom. The highest BCUT2D eigenvalue weighted by atomic mass is 16.6. The number of para-hydroxylation sites is 2. The third-order valence-corrected chi connectivity index (χ3v) is 4.36. The van der Waals surface area contributed by atoms with Gasteiger partial charge >= 0.3 is 5.69 Å². The van der Waals surface area contributed by atoms with E-state index in [1.54, 1.807) is 36.4 Å². The van der Waals surface area contributed by atoms with E-state index in [9.17, 15) is 14.9 Å². The zero-order chi connectivity index (χ0) is 21.3. The van der Waals surface area contributed by atoms with Crippen molar-refractivity contribution < 1.29 is 19.2 Å². The number of amides is 1. The Bertz CT molecular complexity index is 990. The Labute approximate surface area is 174 Å². The van der Waals surface area contributed by atoms with Crippen molar-refractivity contribution in [3.05, 3.63) is 94.5 Å². The fourth-order valence-electron chi connectivity index (χ4n) is 2.76. The Morgan fingerprint density at radius 1 is 1.00 bits per heavy atom. The molecule has 0 saturated carbocycles. The Kier molecular flexibility index (Phi) is 7.00. The molecule has 3 aromatic rings. The standard InChI is InChI=1S/C23H22N2O5/c1-17(30-22-10-6-5-9-21(22)25(27)28)23(26)24-19-11-13-20(14-12-19)29-16-15-18-7-3-2-4-8-18/h2-14,17H,15-16H2,1H3,(H,24,26). The number of carbonyl (C=O) groups excluding carboxylic acids is 1. The molecule has 30 heavy (non-hydrogen) atoms. The fraction of sp³-hybridized carbons (Fsp3) is 0.174. The van der Waals surface area contributed by atoms with Crippen molar-refractivity contribution >= 4 is 17.3 Å². The number of carbonyl (C=O) groups is 1. The van der Waals surface area contributed by atoms with Gasteiger partial charge in [-0.15, -0.1) is 0 Å². The first-order valence-electron chi connectivity index (χ1n) is 9.50. The topological polar surface area (TPSA) is 90.7 Å². The van der Waals surface area contributed by atoms with Crippen LogP contribution < -0.4 is 14.8 Å². The molecule has 1 amide bonds. The molecule has 0 aliphatic heterocycles. The number of rotatable bonds is 9. The minimum Gasteiger partial charge on any atom is -0.493 e. The lowest BCUT2D eigenvalue weighted by atomic mass is 10.2. The van der Waals surface area contributed by atoms with Crippen molar-refractivity contribution in [1.82, 2.24) is 0 Å². The fourth-order valence-corrected chi connectivity index (χ4v) is 2.76. The number of nitro groups is 1. The molecular formula is C23H22N2O5. The number of nitrogens with one attached hydrogen (secondary N) is 1. The Hall–Kier alpha value is -3.87. The minimum absolute atomic E-state index is 0.0484. The van der Waals surface area contributed by atoms with E-state index in [4.69, 9.17) is 9.47 Å². The predicted octanol–water partition coefficient (Wildman–Crippen LogP) is 4.62. The third-order valence-electron chi connectivity index (χ3n) is 4.36. The number of hydrogen-bond acceptors (Lipinski definition) is 5. The van der Waals surface area contributed by atoms with Crippen LogP contribution in [0.4, 0.5) is 11.4 Å². The van der Waals surface area contributed by atoms with E-state index in [0.717, 1.165) is 6.42 Å². The van der Waals surface area contributed by atoms with Gasteiger partial charge in [0.05, 0.1) is 11.5 Å². The van der Waals surface area contributed by atoms with Gasteiger partial charge in [-0.25, -0.2) is 0 Å². The summed E-state index contributed by atoms with van der Waals surface area (Å²) < 4.78 is 11.2. The number of hydrogen-bond donors (Lipinski definition) is 1. The van der Waals surface area contributed by atoms with Crippen LogP contribution in [0, 0.1) is 10.1 Å². The van der Waals surface area contributed by atoms with Crippen LogP contribution in [0.2, 0.25) is 0 Å². The van der Waals surface area contributed by atoms with Gasteiger partial charge in [0, 0.05) is 18.2 Å². The molecule has 3 aromatic carbocycles. The lowest BCUT2D eigenvalue weighted by Gasteiger charge is -2.15. The average molecular weight is 406 g/mol. The second-order valence-corrected chi connectivity index (χ2v) is 6.58. The summed E-state index contributed by atoms with van der Waals surface area (Å²) in [5.74, 6) is 0.339. The first kappa shape index (κ1) is 20.9. The van der Waals surface area contributed by atoms with E-state index in [1.165, 1.54) is 24.6 Å². The van der Waals surface area contributed by atoms with Gasteiger partial charge in [-0.05, 0) is 42.8 Å². The second kappa shape index (κ2) is 10.1. The second-order valence-electron chi connectivity index (χ2n) is 6.58. The van der Waals surface area contributed by atoms with Gasteiger partial charge in [0.2, 0.25) is 0 Å². The number of nitrogens with zero attached hydrogens (tertiary/aromatic N) is 1. The van der Waals surface area contributed by atoms with Crippen LogP contribution in [-0.4, -0.2) is 23.5 Å². The molecule has 7 nitrogen and oxygen atoms in total. The number of ether oxygens (including phenoxy) is 2. The van der Waals surface area contributed by atoms with Crippen molar-refractivity contribution in [3.63, 3.8) is 0 Å². The highest BCUT2D eigenvalue weighted by Crippen LogP contribution is 2.27. The van der Waals surface area contributed by atoms with Crippen LogP contribution in [0.1, 0.15) is 12.5 Å². The molecule has 0 aliphatic carbocycles. The van der Waals surface area contributed by atoms with E-state index in [1.807, 2.05) is 18.2 Å². The molecule has 0 radical (unpaired) electrons. The van der Waals surface area contributed by atoms with Gasteiger partial charge in [-0.3, -0.25) is 14.9 Å². The van der Waals surface area contributed by atoms with Gasteiger partial charge in [0.25, 0.3) is 5.91 Å². The van der Waals surface area contributed by atoms with Gasteiger partial charge < -0.3 is 14.8 Å². The highest BCUT2D eigenvalue weighted by Gasteiger charge is 2.20. The summed E-state index contributed by atoms with van der Waals surface area (Å²) in [6.45, 7) is 2.09. The zero-order valence-corrected chi connectivity index (χ0v) is 16.5. The van der Waals surface area contributed by atoms with Crippen molar-refractivity contribution in [2.75, 3.05) is 11.9 Å². The predicted molar refractivity (Wildman–Crippen MR) is 114 cm³/mol. The van der Waals surface area contributed by atoms with Gasteiger partial charge in [-0.2, -0.15) is 0 Å². The summed E-state index contributed by atoms with van der Waals surface area (Å²) in [7, 11) is 0. The quantitative estimate of drug-likeness (QED) is 0.413. The summed E-state index contributed by atoms with van der Waals surface area (Å²) in [4.78, 5) is 22.9. The molecule has 0 aliphatic rings. The van der Waals surface area contributed by atoms with Gasteiger partial charge in [0.15, 0.2) is 11.9 Å². The lowest BCUT2D eigenvalue weighted by Crippen LogP contribution is -2.30. The molecule has 7 heteroatoms. The van der Waals surface area contributed by atoms with Crippen molar-refractivity contribution in [1.29, 1.82) is 0 Å². The van der Waals surface area contributed by atoms with Crippen LogP contribution >= 0.6 is 0 Å². The molecule has 0 saturated heterocycles. The molecule has 0 aromatic heterocycles. The number of nitro benzene ring substituents is 1. The molecule has 3 rings (SSSR count). The van der Waals surface area contributed by atoms with E-state index in [-0.39, 0.29) is 11.4 Å². The molecule has 154 valence electrons. The number of anilines is 1. The molecule has 0 bridgehead atoms. The molecule has 0 heterocycles. The summed E-state index contributed by atoms with van der Waals surface area (Å²) in [5.41, 5.74) is 1.59. The smallest absolute Gasteiger partial charge is 0.310 e. The monoisotopic (exact) mass is 406 g/mol. The van der Waals surface area contributed by atoms with Crippen molar-refractivity contribution in [2.45, 2.75) is 19.4 Å². The van der Waals surface area contributed by atoms with Crippen molar-refractivity contribution in [3.8, 4) is 11.5 Å². The Morgan fingerprint density at radius 3 is 2.37 bits per heavy atom. The van der Waals surface area contributed by atoms with E-state index >= 15 is 0 Å². The zero-order valence-electron chi connectivity index (χ0n) is 16.5. The maximum Gasteiger partial charge on any atom is 0.310 e. The van der Waals surface area contributed by atoms with Gasteiger partial charge in [0.1, 0.15) is 5.75 Å². The van der Waals surface area contributed by atoms with Crippen LogP contribution in [0.5, 0.6) is 11.5 Å². The van der Waals surface area contributed by atoms with Gasteiger partial charge in [-0.1, -0.05) is 42.5 Å². The molecule has 1 unspecified atom stereocenters. The Balaban J connectivity index is 1.51. The van der Waals surface area contributed by atoms with Crippen LogP contribution in [-0.2, 0) is 11.2 Å². The highest BCUT2D eigenvalue weighted by molar-refractivity contribution is 5.94. The summed E-state index contributed by atoms with van der Waals surface area (Å²) in [6, 6.07) is 23.0. The normalized spacial score (nSPS) is 11.4. The van der Waals surface area contributed by atoms with E-state index in [0.29, 0.717) is 18.0 Å². The molecular weight excluding hydrogens is 384 g/mol. The van der Waals surface area contributed by atoms with E-state index < -0.39 is 16.9 Å². The third kappa shape index (κ3) is 5.81. The molecule has 1 N–H and O–H groups in total. The van der Waals surface area contributed by atoms with Crippen LogP contribution in [0.25, 0.3) is 0 Å². The first-order chi connectivity index (χ1) is 14.5. The largest absolute Gasteiger partial charge is 0.493 e. The molecule has 0 spiro atoms. The van der Waals surface area contributed by atoms with Crippen LogP contribution in [0.15, 0.2) is 78.9 Å². The molecule has 0 fully saturated rings. The minimum atomic E-state index is -0.909. The van der Waals surface area contributed by atoms with Crippen LogP contribution in [0.3, 0.4) is 0 Å². The summed E-state index contributed by atoms with van der Waals surface area (Å²) >= 11 is 0.